The average Bonchev–Trinajstić information content (AvgIpc) is 3.24. The summed E-state index contributed by atoms with van der Waals surface area (Å²) in [6.07, 6.45) is 3.08. The molecule has 0 radical (unpaired) electrons. The van der Waals surface area contributed by atoms with E-state index in [1.165, 1.54) is 0 Å². The Morgan fingerprint density at radius 2 is 2.00 bits per heavy atom. The lowest BCUT2D eigenvalue weighted by Crippen LogP contribution is -2.30. The molecule has 0 spiro atoms. The summed E-state index contributed by atoms with van der Waals surface area (Å²) in [5, 5.41) is 15.4. The number of carbonyl (C=O) groups excluding carboxylic acids is 2. The fourth-order valence-corrected chi connectivity index (χ4v) is 2.94. The molecule has 6 nitrogen and oxygen atoms in total. The largest absolute Gasteiger partial charge is 0.467 e. The van der Waals surface area contributed by atoms with Crippen LogP contribution in [0.3, 0.4) is 0 Å². The predicted molar refractivity (Wildman–Crippen MR) is 88.3 cm³/mol. The lowest BCUT2D eigenvalue weighted by Gasteiger charge is -2.16. The van der Waals surface area contributed by atoms with Crippen LogP contribution in [0.2, 0.25) is 0 Å². The van der Waals surface area contributed by atoms with Crippen LogP contribution in [-0.2, 0) is 11.3 Å². The van der Waals surface area contributed by atoms with Gasteiger partial charge in [0.15, 0.2) is 0 Å². The van der Waals surface area contributed by atoms with Crippen LogP contribution in [0.15, 0.2) is 47.1 Å². The average molecular weight is 328 g/mol. The van der Waals surface area contributed by atoms with Crippen molar-refractivity contribution in [2.24, 2.45) is 5.92 Å². The zero-order valence-electron chi connectivity index (χ0n) is 13.2. The van der Waals surface area contributed by atoms with E-state index in [0.717, 1.165) is 6.42 Å². The van der Waals surface area contributed by atoms with Crippen molar-refractivity contribution in [3.05, 3.63) is 54.0 Å². The quantitative estimate of drug-likeness (QED) is 0.785. The third-order valence-corrected chi connectivity index (χ3v) is 4.25. The van der Waals surface area contributed by atoms with Crippen LogP contribution >= 0.6 is 0 Å². The molecule has 1 heterocycles. The maximum atomic E-state index is 12.4. The number of furan rings is 1. The van der Waals surface area contributed by atoms with Crippen molar-refractivity contribution >= 4 is 17.5 Å². The Kier molecular flexibility index (Phi) is 4.96. The summed E-state index contributed by atoms with van der Waals surface area (Å²) < 4.78 is 5.18. The summed E-state index contributed by atoms with van der Waals surface area (Å²) in [6.45, 7) is 0.273. The molecule has 1 saturated carbocycles. The van der Waals surface area contributed by atoms with Gasteiger partial charge in [0, 0.05) is 0 Å². The van der Waals surface area contributed by atoms with Gasteiger partial charge in [0.25, 0.3) is 5.91 Å². The van der Waals surface area contributed by atoms with Gasteiger partial charge in [0.1, 0.15) is 5.76 Å². The number of nitrogens with one attached hydrogen (secondary N) is 2. The van der Waals surface area contributed by atoms with Crippen molar-refractivity contribution in [3.8, 4) is 0 Å². The second-order valence-electron chi connectivity index (χ2n) is 5.90. The molecule has 2 amide bonds. The van der Waals surface area contributed by atoms with Crippen molar-refractivity contribution in [2.45, 2.75) is 31.9 Å². The van der Waals surface area contributed by atoms with E-state index < -0.39 is 12.0 Å². The standard InChI is InChI=1S/C18H20N2O4/c21-16-9-3-7-14(16)18(23)20-15-8-2-1-6-13(15)17(22)19-11-12-5-4-10-24-12/h1-2,4-6,8,10,14,16,21H,3,7,9,11H2,(H,19,22)(H,20,23). The minimum Gasteiger partial charge on any atom is -0.467 e. The number of rotatable bonds is 5. The molecule has 0 saturated heterocycles. The fraction of sp³-hybridized carbons (Fsp3) is 0.333. The fourth-order valence-electron chi connectivity index (χ4n) is 2.94. The van der Waals surface area contributed by atoms with Crippen molar-refractivity contribution < 1.29 is 19.1 Å². The Balaban J connectivity index is 1.68. The molecule has 1 fully saturated rings. The zero-order valence-corrected chi connectivity index (χ0v) is 13.2. The zero-order chi connectivity index (χ0) is 16.9. The first-order valence-electron chi connectivity index (χ1n) is 8.03. The van der Waals surface area contributed by atoms with Gasteiger partial charge in [-0.15, -0.1) is 0 Å². The van der Waals surface area contributed by atoms with Gasteiger partial charge in [-0.3, -0.25) is 9.59 Å². The van der Waals surface area contributed by atoms with E-state index in [1.54, 1.807) is 42.7 Å². The minimum absolute atomic E-state index is 0.244. The summed E-state index contributed by atoms with van der Waals surface area (Å²) in [5.74, 6) is -0.302. The molecule has 0 bridgehead atoms. The lowest BCUT2D eigenvalue weighted by molar-refractivity contribution is -0.122. The summed E-state index contributed by atoms with van der Waals surface area (Å²) in [5.41, 5.74) is 0.823. The Hall–Kier alpha value is -2.60. The van der Waals surface area contributed by atoms with E-state index in [2.05, 4.69) is 10.6 Å². The molecular weight excluding hydrogens is 308 g/mol. The molecular formula is C18H20N2O4. The molecule has 3 rings (SSSR count). The molecule has 2 unspecified atom stereocenters. The van der Waals surface area contributed by atoms with E-state index in [9.17, 15) is 14.7 Å². The third kappa shape index (κ3) is 3.65. The van der Waals surface area contributed by atoms with Crippen LogP contribution in [0.4, 0.5) is 5.69 Å². The van der Waals surface area contributed by atoms with E-state index >= 15 is 0 Å². The topological polar surface area (TPSA) is 91.6 Å². The molecule has 2 atom stereocenters. The van der Waals surface area contributed by atoms with E-state index in [4.69, 9.17) is 4.42 Å². The van der Waals surface area contributed by atoms with Crippen LogP contribution < -0.4 is 10.6 Å². The van der Waals surface area contributed by atoms with Crippen molar-refractivity contribution in [1.82, 2.24) is 5.32 Å². The number of anilines is 1. The number of aliphatic hydroxyl groups excluding tert-OH is 1. The van der Waals surface area contributed by atoms with Crippen LogP contribution in [0.1, 0.15) is 35.4 Å². The summed E-state index contributed by atoms with van der Waals surface area (Å²) in [6, 6.07) is 10.4. The number of carbonyl (C=O) groups is 2. The Labute approximate surface area is 139 Å². The van der Waals surface area contributed by atoms with Crippen molar-refractivity contribution in [1.29, 1.82) is 0 Å². The highest BCUT2D eigenvalue weighted by Gasteiger charge is 2.31. The molecule has 1 aromatic heterocycles. The van der Waals surface area contributed by atoms with Gasteiger partial charge in [0.2, 0.25) is 5.91 Å². The smallest absolute Gasteiger partial charge is 0.253 e. The SMILES string of the molecule is O=C(NCc1ccco1)c1ccccc1NC(=O)C1CCCC1O. The van der Waals surface area contributed by atoms with Gasteiger partial charge in [-0.25, -0.2) is 0 Å². The van der Waals surface area contributed by atoms with E-state index in [0.29, 0.717) is 29.9 Å². The molecule has 3 N–H and O–H groups in total. The highest BCUT2D eigenvalue weighted by atomic mass is 16.3. The predicted octanol–water partition coefficient (Wildman–Crippen LogP) is 2.31. The summed E-state index contributed by atoms with van der Waals surface area (Å²) in [7, 11) is 0. The lowest BCUT2D eigenvalue weighted by atomic mass is 10.0. The first kappa shape index (κ1) is 16.3. The Bertz CT molecular complexity index is 712. The highest BCUT2D eigenvalue weighted by molar-refractivity contribution is 6.04. The van der Waals surface area contributed by atoms with Crippen LogP contribution in [0.25, 0.3) is 0 Å². The highest BCUT2D eigenvalue weighted by Crippen LogP contribution is 2.27. The number of hydrogen-bond acceptors (Lipinski definition) is 4. The van der Waals surface area contributed by atoms with Gasteiger partial charge in [-0.1, -0.05) is 12.1 Å². The number of amides is 2. The van der Waals surface area contributed by atoms with Gasteiger partial charge < -0.3 is 20.2 Å². The van der Waals surface area contributed by atoms with Crippen molar-refractivity contribution in [3.63, 3.8) is 0 Å². The summed E-state index contributed by atoms with van der Waals surface area (Å²) in [4.78, 5) is 24.7. The molecule has 2 aromatic rings. The van der Waals surface area contributed by atoms with Crippen LogP contribution in [0.5, 0.6) is 0 Å². The Morgan fingerprint density at radius 1 is 1.17 bits per heavy atom. The van der Waals surface area contributed by atoms with Gasteiger partial charge in [-0.2, -0.15) is 0 Å². The monoisotopic (exact) mass is 328 g/mol. The summed E-state index contributed by atoms with van der Waals surface area (Å²) >= 11 is 0. The molecule has 6 heteroatoms. The van der Waals surface area contributed by atoms with E-state index in [-0.39, 0.29) is 18.4 Å². The van der Waals surface area contributed by atoms with E-state index in [1.807, 2.05) is 0 Å². The first-order chi connectivity index (χ1) is 11.6. The number of hydrogen-bond donors (Lipinski definition) is 3. The van der Waals surface area contributed by atoms with Gasteiger partial charge in [0.05, 0.1) is 36.1 Å². The van der Waals surface area contributed by atoms with Crippen LogP contribution in [0, 0.1) is 5.92 Å². The third-order valence-electron chi connectivity index (χ3n) is 4.25. The molecule has 1 aliphatic carbocycles. The molecule has 126 valence electrons. The maximum absolute atomic E-state index is 12.4. The molecule has 24 heavy (non-hydrogen) atoms. The normalized spacial score (nSPS) is 19.9. The van der Waals surface area contributed by atoms with Crippen LogP contribution in [-0.4, -0.2) is 23.0 Å². The first-order valence-corrected chi connectivity index (χ1v) is 8.03. The number of benzene rings is 1. The second kappa shape index (κ2) is 7.31. The molecule has 0 aliphatic heterocycles. The maximum Gasteiger partial charge on any atom is 0.253 e. The second-order valence-corrected chi connectivity index (χ2v) is 5.90. The Morgan fingerprint density at radius 3 is 2.71 bits per heavy atom. The van der Waals surface area contributed by atoms with Gasteiger partial charge in [-0.05, 0) is 43.5 Å². The number of para-hydroxylation sites is 1. The molecule has 1 aliphatic rings. The van der Waals surface area contributed by atoms with Crippen molar-refractivity contribution in [2.75, 3.05) is 5.32 Å². The number of aliphatic hydroxyl groups is 1. The minimum atomic E-state index is -0.607. The van der Waals surface area contributed by atoms with Gasteiger partial charge >= 0.3 is 0 Å². The molecule has 1 aromatic carbocycles.